The van der Waals surface area contributed by atoms with Gasteiger partial charge in [-0.3, -0.25) is 0 Å². The zero-order chi connectivity index (χ0) is 11.8. The third-order valence-electron chi connectivity index (χ3n) is 3.34. The quantitative estimate of drug-likeness (QED) is 0.759. The van der Waals surface area contributed by atoms with Crippen LogP contribution in [0.2, 0.25) is 0 Å². The number of nitrogen functional groups attached to an aromatic ring is 1. The molecule has 0 saturated carbocycles. The molecule has 0 amide bonds. The number of hydrogen-bond donors (Lipinski definition) is 1. The second kappa shape index (κ2) is 3.84. The Morgan fingerprint density at radius 3 is 2.94 bits per heavy atom. The molecule has 0 bridgehead atoms. The van der Waals surface area contributed by atoms with Crippen LogP contribution >= 0.6 is 0 Å². The SMILES string of the molecule is Cc1cc(-c2ncc3c(n2)CCC3)ccc1N. The fourth-order valence-electron chi connectivity index (χ4n) is 2.27. The molecule has 1 heterocycles. The lowest BCUT2D eigenvalue weighted by Gasteiger charge is -2.05. The fourth-order valence-corrected chi connectivity index (χ4v) is 2.27. The van der Waals surface area contributed by atoms with Crippen molar-refractivity contribution in [3.63, 3.8) is 0 Å². The van der Waals surface area contributed by atoms with E-state index in [0.29, 0.717) is 0 Å². The first-order valence-corrected chi connectivity index (χ1v) is 5.95. The summed E-state index contributed by atoms with van der Waals surface area (Å²) in [5.41, 5.74) is 11.3. The highest BCUT2D eigenvalue weighted by Gasteiger charge is 2.14. The summed E-state index contributed by atoms with van der Waals surface area (Å²) in [5, 5.41) is 0. The third-order valence-corrected chi connectivity index (χ3v) is 3.34. The van der Waals surface area contributed by atoms with Crippen molar-refractivity contribution in [1.82, 2.24) is 9.97 Å². The van der Waals surface area contributed by atoms with Gasteiger partial charge in [0.05, 0.1) is 0 Å². The van der Waals surface area contributed by atoms with E-state index in [-0.39, 0.29) is 0 Å². The summed E-state index contributed by atoms with van der Waals surface area (Å²) in [6.07, 6.45) is 5.37. The molecule has 0 atom stereocenters. The van der Waals surface area contributed by atoms with E-state index in [1.165, 1.54) is 17.7 Å². The van der Waals surface area contributed by atoms with Gasteiger partial charge in [-0.15, -0.1) is 0 Å². The van der Waals surface area contributed by atoms with Crippen LogP contribution in [0.1, 0.15) is 23.2 Å². The van der Waals surface area contributed by atoms with E-state index in [2.05, 4.69) is 9.97 Å². The molecule has 0 unspecified atom stereocenters. The zero-order valence-corrected chi connectivity index (χ0v) is 9.90. The molecule has 1 aromatic carbocycles. The van der Waals surface area contributed by atoms with Gasteiger partial charge in [0.2, 0.25) is 0 Å². The largest absolute Gasteiger partial charge is 0.399 e. The molecule has 1 aliphatic carbocycles. The Kier molecular flexibility index (Phi) is 2.32. The Hall–Kier alpha value is -1.90. The summed E-state index contributed by atoms with van der Waals surface area (Å²) in [4.78, 5) is 9.08. The lowest BCUT2D eigenvalue weighted by molar-refractivity contribution is 0.900. The molecular formula is C14H15N3. The molecule has 1 aromatic heterocycles. The Morgan fingerprint density at radius 2 is 2.12 bits per heavy atom. The fraction of sp³-hybridized carbons (Fsp3) is 0.286. The van der Waals surface area contributed by atoms with Crippen molar-refractivity contribution in [2.45, 2.75) is 26.2 Å². The average molecular weight is 225 g/mol. The van der Waals surface area contributed by atoms with Gasteiger partial charge in [0.25, 0.3) is 0 Å². The van der Waals surface area contributed by atoms with Gasteiger partial charge < -0.3 is 5.73 Å². The summed E-state index contributed by atoms with van der Waals surface area (Å²) in [6.45, 7) is 2.01. The molecular weight excluding hydrogens is 210 g/mol. The molecule has 17 heavy (non-hydrogen) atoms. The third kappa shape index (κ3) is 1.78. The second-order valence-corrected chi connectivity index (χ2v) is 4.59. The number of aromatic nitrogens is 2. The van der Waals surface area contributed by atoms with Gasteiger partial charge in [0.1, 0.15) is 0 Å². The van der Waals surface area contributed by atoms with E-state index in [1.807, 2.05) is 31.3 Å². The molecule has 86 valence electrons. The molecule has 3 nitrogen and oxygen atoms in total. The van der Waals surface area contributed by atoms with Gasteiger partial charge in [0, 0.05) is 23.1 Å². The lowest BCUT2D eigenvalue weighted by Crippen LogP contribution is -1.96. The Balaban J connectivity index is 2.06. The van der Waals surface area contributed by atoms with E-state index in [0.717, 1.165) is 35.5 Å². The molecule has 0 fully saturated rings. The van der Waals surface area contributed by atoms with Gasteiger partial charge in [-0.2, -0.15) is 0 Å². The van der Waals surface area contributed by atoms with E-state index < -0.39 is 0 Å². The van der Waals surface area contributed by atoms with Crippen LogP contribution in [0.4, 0.5) is 5.69 Å². The van der Waals surface area contributed by atoms with Gasteiger partial charge in [-0.1, -0.05) is 0 Å². The van der Waals surface area contributed by atoms with Crippen molar-refractivity contribution in [3.8, 4) is 11.4 Å². The average Bonchev–Trinajstić information content (AvgIpc) is 2.79. The monoisotopic (exact) mass is 225 g/mol. The maximum Gasteiger partial charge on any atom is 0.159 e. The zero-order valence-electron chi connectivity index (χ0n) is 9.90. The van der Waals surface area contributed by atoms with Crippen LogP contribution in [0.15, 0.2) is 24.4 Å². The standard InChI is InChI=1S/C14H15N3/c1-9-7-10(5-6-12(9)15)14-16-8-11-3-2-4-13(11)17-14/h5-8H,2-4,15H2,1H3. The molecule has 3 rings (SSSR count). The molecule has 0 saturated heterocycles. The normalized spacial score (nSPS) is 13.7. The van der Waals surface area contributed by atoms with Crippen molar-refractivity contribution >= 4 is 5.69 Å². The predicted molar refractivity (Wildman–Crippen MR) is 68.6 cm³/mol. The minimum absolute atomic E-state index is 0.814. The molecule has 2 aromatic rings. The van der Waals surface area contributed by atoms with Crippen LogP contribution in [0, 0.1) is 6.92 Å². The lowest BCUT2D eigenvalue weighted by atomic mass is 10.1. The van der Waals surface area contributed by atoms with E-state index in [9.17, 15) is 0 Å². The van der Waals surface area contributed by atoms with Gasteiger partial charge in [0.15, 0.2) is 5.82 Å². The molecule has 2 N–H and O–H groups in total. The maximum atomic E-state index is 5.82. The summed E-state index contributed by atoms with van der Waals surface area (Å²) in [6, 6.07) is 5.95. The number of nitrogens with zero attached hydrogens (tertiary/aromatic N) is 2. The van der Waals surface area contributed by atoms with Gasteiger partial charge >= 0.3 is 0 Å². The smallest absolute Gasteiger partial charge is 0.159 e. The van der Waals surface area contributed by atoms with Gasteiger partial charge in [-0.05, 0) is 55.5 Å². The molecule has 3 heteroatoms. The number of benzene rings is 1. The van der Waals surface area contributed by atoms with Crippen LogP contribution in [-0.2, 0) is 12.8 Å². The van der Waals surface area contributed by atoms with Crippen LogP contribution in [-0.4, -0.2) is 9.97 Å². The summed E-state index contributed by atoms with van der Waals surface area (Å²) in [5.74, 6) is 0.814. The first kappa shape index (κ1) is 10.3. The topological polar surface area (TPSA) is 51.8 Å². The first-order valence-electron chi connectivity index (χ1n) is 5.95. The number of fused-ring (bicyclic) bond motifs is 1. The first-order chi connectivity index (χ1) is 8.24. The second-order valence-electron chi connectivity index (χ2n) is 4.59. The highest BCUT2D eigenvalue weighted by atomic mass is 14.9. The van der Waals surface area contributed by atoms with Crippen LogP contribution in [0.25, 0.3) is 11.4 Å². The molecule has 0 radical (unpaired) electrons. The van der Waals surface area contributed by atoms with Crippen LogP contribution < -0.4 is 5.73 Å². The Morgan fingerprint density at radius 1 is 1.24 bits per heavy atom. The van der Waals surface area contributed by atoms with E-state index >= 15 is 0 Å². The van der Waals surface area contributed by atoms with Crippen molar-refractivity contribution in [1.29, 1.82) is 0 Å². The highest BCUT2D eigenvalue weighted by molar-refractivity contribution is 5.62. The summed E-state index contributed by atoms with van der Waals surface area (Å²) >= 11 is 0. The Bertz CT molecular complexity index is 576. The summed E-state index contributed by atoms with van der Waals surface area (Å²) in [7, 11) is 0. The highest BCUT2D eigenvalue weighted by Crippen LogP contribution is 2.24. The molecule has 0 spiro atoms. The van der Waals surface area contributed by atoms with Gasteiger partial charge in [-0.25, -0.2) is 9.97 Å². The van der Waals surface area contributed by atoms with Crippen molar-refractivity contribution in [2.24, 2.45) is 0 Å². The van der Waals surface area contributed by atoms with Crippen molar-refractivity contribution < 1.29 is 0 Å². The minimum atomic E-state index is 0.814. The van der Waals surface area contributed by atoms with E-state index in [4.69, 9.17) is 5.73 Å². The number of hydrogen-bond acceptors (Lipinski definition) is 3. The van der Waals surface area contributed by atoms with Crippen molar-refractivity contribution in [2.75, 3.05) is 5.73 Å². The maximum absolute atomic E-state index is 5.82. The number of rotatable bonds is 1. The number of aryl methyl sites for hydroxylation is 3. The number of anilines is 1. The van der Waals surface area contributed by atoms with Crippen LogP contribution in [0.3, 0.4) is 0 Å². The van der Waals surface area contributed by atoms with Crippen molar-refractivity contribution in [3.05, 3.63) is 41.2 Å². The van der Waals surface area contributed by atoms with Crippen LogP contribution in [0.5, 0.6) is 0 Å². The van der Waals surface area contributed by atoms with E-state index in [1.54, 1.807) is 0 Å². The molecule has 1 aliphatic rings. The number of nitrogens with two attached hydrogens (primary N) is 1. The minimum Gasteiger partial charge on any atom is -0.399 e. The Labute approximate surface area is 101 Å². The summed E-state index contributed by atoms with van der Waals surface area (Å²) < 4.78 is 0. The molecule has 0 aliphatic heterocycles. The predicted octanol–water partition coefficient (Wildman–Crippen LogP) is 2.52.